The molecule has 39 heavy (non-hydrogen) atoms. The van der Waals surface area contributed by atoms with Crippen molar-refractivity contribution in [3.8, 4) is 11.7 Å². The molecule has 198 valence electrons. The molecule has 2 heterocycles. The van der Waals surface area contributed by atoms with E-state index in [1.165, 1.54) is 0 Å². The van der Waals surface area contributed by atoms with E-state index >= 15 is 0 Å². The highest BCUT2D eigenvalue weighted by Gasteiger charge is 2.19. The lowest BCUT2D eigenvalue weighted by Crippen LogP contribution is -2.30. The zero-order chi connectivity index (χ0) is 27.5. The number of benzene rings is 3. The second-order valence-electron chi connectivity index (χ2n) is 9.06. The maximum atomic E-state index is 12.1. The third kappa shape index (κ3) is 5.28. The van der Waals surface area contributed by atoms with Gasteiger partial charge in [0.25, 0.3) is 0 Å². The highest BCUT2D eigenvalue weighted by molar-refractivity contribution is 6.58. The molecule has 3 aromatic carbocycles. The zero-order valence-electron chi connectivity index (χ0n) is 21.6. The minimum atomic E-state index is -1.56. The van der Waals surface area contributed by atoms with Crippen LogP contribution in [-0.4, -0.2) is 57.9 Å². The molecule has 0 aliphatic heterocycles. The predicted octanol–water partition coefficient (Wildman–Crippen LogP) is 2.30. The lowest BCUT2D eigenvalue weighted by molar-refractivity contribution is 0.100. The molecular weight excluding hydrogens is 497 g/mol. The summed E-state index contributed by atoms with van der Waals surface area (Å²) in [6, 6.07) is 19.9. The number of carbonyl (C=O) groups is 1. The first kappa shape index (κ1) is 26.2. The normalized spacial score (nSPS) is 11.2. The van der Waals surface area contributed by atoms with Gasteiger partial charge in [-0.3, -0.25) is 9.36 Å². The third-order valence-electron chi connectivity index (χ3n) is 6.43. The van der Waals surface area contributed by atoms with Gasteiger partial charge in [-0.15, -0.1) is 0 Å². The topological polar surface area (TPSA) is 145 Å². The molecule has 5 N–H and O–H groups in total. The number of methoxy groups -OCH3 is 1. The number of ether oxygens (including phenoxy) is 2. The Kier molecular flexibility index (Phi) is 7.46. The van der Waals surface area contributed by atoms with E-state index in [0.717, 1.165) is 22.2 Å². The summed E-state index contributed by atoms with van der Waals surface area (Å²) in [5, 5.41) is 24.0. The minimum Gasteiger partial charge on any atom is -0.489 e. The summed E-state index contributed by atoms with van der Waals surface area (Å²) in [5.74, 6) is 1.02. The number of nitrogens with one attached hydrogen (secondary N) is 1. The van der Waals surface area contributed by atoms with E-state index in [1.807, 2.05) is 47.9 Å². The lowest BCUT2D eigenvalue weighted by atomic mass is 9.80. The predicted molar refractivity (Wildman–Crippen MR) is 151 cm³/mol. The van der Waals surface area contributed by atoms with Crippen molar-refractivity contribution >= 4 is 46.1 Å². The molecule has 0 aliphatic rings. The van der Waals surface area contributed by atoms with E-state index in [0.29, 0.717) is 59.2 Å². The molecular formula is C28H28BN5O5. The zero-order valence-corrected chi connectivity index (χ0v) is 21.6. The number of aromatic nitrogens is 3. The monoisotopic (exact) mass is 525 g/mol. The maximum absolute atomic E-state index is 12.1. The Morgan fingerprint density at radius 3 is 2.59 bits per heavy atom. The van der Waals surface area contributed by atoms with Gasteiger partial charge in [-0.05, 0) is 48.3 Å². The van der Waals surface area contributed by atoms with Gasteiger partial charge in [0.15, 0.2) is 0 Å². The van der Waals surface area contributed by atoms with Crippen LogP contribution in [0.15, 0.2) is 66.7 Å². The second kappa shape index (κ2) is 11.1. The minimum absolute atomic E-state index is 0.349. The first-order valence-corrected chi connectivity index (χ1v) is 12.4. The van der Waals surface area contributed by atoms with Gasteiger partial charge >= 0.3 is 7.12 Å². The van der Waals surface area contributed by atoms with Gasteiger partial charge < -0.3 is 30.6 Å². The van der Waals surface area contributed by atoms with Gasteiger partial charge in [0.2, 0.25) is 11.9 Å². The quantitative estimate of drug-likeness (QED) is 0.161. The summed E-state index contributed by atoms with van der Waals surface area (Å²) in [7, 11) is 0.0540. The Morgan fingerprint density at radius 2 is 1.82 bits per heavy atom. The Balaban J connectivity index is 1.65. The number of nitrogens with two attached hydrogens (primary N) is 1. The number of primary amides is 1. The Bertz CT molecular complexity index is 1670. The Morgan fingerprint density at radius 1 is 1.03 bits per heavy atom. The van der Waals surface area contributed by atoms with Crippen LogP contribution in [-0.2, 0) is 11.3 Å². The molecule has 11 heteroatoms. The molecule has 0 saturated carbocycles. The maximum Gasteiger partial charge on any atom is 0.488 e. The highest BCUT2D eigenvalue weighted by Crippen LogP contribution is 2.32. The summed E-state index contributed by atoms with van der Waals surface area (Å²) in [4.78, 5) is 21.9. The first-order valence-electron chi connectivity index (χ1n) is 12.4. The fourth-order valence-corrected chi connectivity index (χ4v) is 4.59. The van der Waals surface area contributed by atoms with E-state index in [9.17, 15) is 14.8 Å². The van der Waals surface area contributed by atoms with Crippen LogP contribution in [0.5, 0.6) is 5.75 Å². The second-order valence-corrected chi connectivity index (χ2v) is 9.06. The van der Waals surface area contributed by atoms with Crippen LogP contribution in [0.25, 0.3) is 27.8 Å². The number of rotatable bonds is 10. The van der Waals surface area contributed by atoms with Crippen LogP contribution < -0.4 is 21.3 Å². The van der Waals surface area contributed by atoms with Crippen molar-refractivity contribution in [2.45, 2.75) is 13.5 Å². The average molecular weight is 525 g/mol. The van der Waals surface area contributed by atoms with Gasteiger partial charge in [-0.2, -0.15) is 4.98 Å². The van der Waals surface area contributed by atoms with E-state index in [-0.39, 0.29) is 0 Å². The molecule has 2 aromatic heterocycles. The molecule has 0 spiro atoms. The van der Waals surface area contributed by atoms with Gasteiger partial charge in [0.05, 0.1) is 12.1 Å². The van der Waals surface area contributed by atoms with Gasteiger partial charge in [0, 0.05) is 35.7 Å². The van der Waals surface area contributed by atoms with E-state index in [2.05, 4.69) is 5.32 Å². The SMILES string of the molecule is COCCOc1cccc2c(NCc3cccc(B(O)O)c3)nc(-n3c(C)cc4c(C(N)=O)cccc43)nc12. The number of fused-ring (bicyclic) bond motifs is 2. The Hall–Kier alpha value is -4.45. The van der Waals surface area contributed by atoms with Crippen molar-refractivity contribution in [2.24, 2.45) is 5.73 Å². The summed E-state index contributed by atoms with van der Waals surface area (Å²) in [5.41, 5.74) is 9.47. The van der Waals surface area contributed by atoms with Crippen molar-refractivity contribution in [1.82, 2.24) is 14.5 Å². The number of carbonyl (C=O) groups excluding carboxylic acids is 1. The molecule has 0 fully saturated rings. The molecule has 1 amide bonds. The van der Waals surface area contributed by atoms with Crippen molar-refractivity contribution in [3.63, 3.8) is 0 Å². The van der Waals surface area contributed by atoms with Crippen molar-refractivity contribution < 1.29 is 24.3 Å². The lowest BCUT2D eigenvalue weighted by Gasteiger charge is -2.15. The standard InChI is InChI=1S/C28H28BN5O5/c1-17-14-22-20(26(30)35)8-4-10-23(22)34(17)28-32-25-21(9-5-11-24(25)39-13-12-38-2)27(33-28)31-16-18-6-3-7-19(15-18)29(36)37/h3-11,14-15,36-37H,12-13,16H2,1-2H3,(H2,30,35)(H,31,32,33). The highest BCUT2D eigenvalue weighted by atomic mass is 16.5. The summed E-state index contributed by atoms with van der Waals surface area (Å²) in [6.07, 6.45) is 0. The summed E-state index contributed by atoms with van der Waals surface area (Å²) >= 11 is 0. The van der Waals surface area contributed by atoms with Crippen molar-refractivity contribution in [3.05, 3.63) is 83.6 Å². The van der Waals surface area contributed by atoms with Crippen LogP contribution in [0.1, 0.15) is 21.6 Å². The van der Waals surface area contributed by atoms with Crippen LogP contribution in [0.4, 0.5) is 5.82 Å². The van der Waals surface area contributed by atoms with Gasteiger partial charge in [0.1, 0.15) is 23.7 Å². The van der Waals surface area contributed by atoms with Gasteiger partial charge in [-0.1, -0.05) is 36.4 Å². The molecule has 10 nitrogen and oxygen atoms in total. The smallest absolute Gasteiger partial charge is 0.488 e. The molecule has 0 unspecified atom stereocenters. The van der Waals surface area contributed by atoms with Gasteiger partial charge in [-0.25, -0.2) is 4.98 Å². The molecule has 0 aliphatic carbocycles. The van der Waals surface area contributed by atoms with E-state index < -0.39 is 13.0 Å². The number of para-hydroxylation sites is 1. The number of aryl methyl sites for hydroxylation is 1. The molecule has 0 atom stereocenters. The molecule has 5 rings (SSSR count). The van der Waals surface area contributed by atoms with Crippen LogP contribution in [0.3, 0.4) is 0 Å². The first-order chi connectivity index (χ1) is 18.9. The van der Waals surface area contributed by atoms with E-state index in [1.54, 1.807) is 37.4 Å². The molecule has 0 bridgehead atoms. The van der Waals surface area contributed by atoms with E-state index in [4.69, 9.17) is 25.2 Å². The fourth-order valence-electron chi connectivity index (χ4n) is 4.59. The van der Waals surface area contributed by atoms with Crippen LogP contribution in [0, 0.1) is 6.92 Å². The number of anilines is 1. The Labute approximate surface area is 225 Å². The molecule has 5 aromatic rings. The number of hydrogen-bond acceptors (Lipinski definition) is 8. The molecule has 0 radical (unpaired) electrons. The van der Waals surface area contributed by atoms with Crippen LogP contribution in [0.2, 0.25) is 0 Å². The average Bonchev–Trinajstić information content (AvgIpc) is 3.27. The summed E-state index contributed by atoms with van der Waals surface area (Å²) in [6.45, 7) is 3.06. The molecule has 0 saturated heterocycles. The number of hydrogen-bond donors (Lipinski definition) is 4. The van der Waals surface area contributed by atoms with Crippen molar-refractivity contribution in [2.75, 3.05) is 25.6 Å². The number of amides is 1. The largest absolute Gasteiger partial charge is 0.489 e. The number of nitrogens with zero attached hydrogens (tertiary/aromatic N) is 3. The van der Waals surface area contributed by atoms with Crippen molar-refractivity contribution in [1.29, 1.82) is 0 Å². The third-order valence-corrected chi connectivity index (χ3v) is 6.43. The summed E-state index contributed by atoms with van der Waals surface area (Å²) < 4.78 is 13.0. The fraction of sp³-hybridized carbons (Fsp3) is 0.179. The van der Waals surface area contributed by atoms with Crippen LogP contribution >= 0.6 is 0 Å².